The van der Waals surface area contributed by atoms with E-state index < -0.39 is 5.97 Å². The molecule has 2 N–H and O–H groups in total. The number of aromatic nitrogens is 1. The average molecular weight is 254 g/mol. The second kappa shape index (κ2) is 3.13. The van der Waals surface area contributed by atoms with Crippen molar-refractivity contribution in [3.63, 3.8) is 0 Å². The normalized spacial score (nSPS) is 10.7. The molecule has 0 bridgehead atoms. The molecule has 2 aromatic rings. The first-order chi connectivity index (χ1) is 6.59. The Hall–Kier alpha value is -1.29. The first-order valence-electron chi connectivity index (χ1n) is 4.10. The van der Waals surface area contributed by atoms with Gasteiger partial charge in [-0.2, -0.15) is 0 Å². The summed E-state index contributed by atoms with van der Waals surface area (Å²) in [6.45, 7) is 1.94. The summed E-state index contributed by atoms with van der Waals surface area (Å²) in [5, 5.41) is 9.73. The molecular formula is C10H8BrNO2. The Bertz CT molecular complexity index is 477. The summed E-state index contributed by atoms with van der Waals surface area (Å²) in [4.78, 5) is 13.6. The maximum absolute atomic E-state index is 10.7. The van der Waals surface area contributed by atoms with E-state index >= 15 is 0 Å². The lowest BCUT2D eigenvalue weighted by atomic mass is 10.2. The minimum absolute atomic E-state index is 0.218. The first-order valence-corrected chi connectivity index (χ1v) is 4.90. The zero-order chi connectivity index (χ0) is 10.3. The van der Waals surface area contributed by atoms with E-state index in [-0.39, 0.29) is 5.69 Å². The molecule has 0 spiro atoms. The van der Waals surface area contributed by atoms with Gasteiger partial charge in [-0.1, -0.05) is 22.0 Å². The largest absolute Gasteiger partial charge is 0.477 e. The van der Waals surface area contributed by atoms with Crippen LogP contribution < -0.4 is 0 Å². The van der Waals surface area contributed by atoms with Crippen LogP contribution in [0.1, 0.15) is 16.1 Å². The van der Waals surface area contributed by atoms with Crippen LogP contribution in [0.25, 0.3) is 10.9 Å². The standard InChI is InChI=1S/C10H8BrNO2/c1-5-2-3-7(11)6-4-8(10(13)14)12-9(5)6/h2-4,12H,1H3,(H,13,14). The van der Waals surface area contributed by atoms with Gasteiger partial charge in [0.05, 0.1) is 5.52 Å². The van der Waals surface area contributed by atoms with Gasteiger partial charge in [-0.25, -0.2) is 4.79 Å². The third-order valence-corrected chi connectivity index (χ3v) is 2.87. The molecule has 14 heavy (non-hydrogen) atoms. The molecule has 0 aliphatic carbocycles. The summed E-state index contributed by atoms with van der Waals surface area (Å²) in [5.74, 6) is -0.937. The van der Waals surface area contributed by atoms with Gasteiger partial charge in [0.25, 0.3) is 0 Å². The molecule has 72 valence electrons. The Morgan fingerprint density at radius 2 is 2.21 bits per heavy atom. The Balaban J connectivity index is 2.82. The summed E-state index contributed by atoms with van der Waals surface area (Å²) in [6.07, 6.45) is 0. The van der Waals surface area contributed by atoms with E-state index in [1.54, 1.807) is 6.07 Å². The van der Waals surface area contributed by atoms with Crippen molar-refractivity contribution in [3.8, 4) is 0 Å². The SMILES string of the molecule is Cc1ccc(Br)c2cc(C(=O)O)[nH]c12. The fourth-order valence-corrected chi connectivity index (χ4v) is 1.89. The predicted octanol–water partition coefficient (Wildman–Crippen LogP) is 2.94. The molecule has 0 atom stereocenters. The monoisotopic (exact) mass is 253 g/mol. The third kappa shape index (κ3) is 1.32. The number of fused-ring (bicyclic) bond motifs is 1. The zero-order valence-electron chi connectivity index (χ0n) is 7.47. The number of rotatable bonds is 1. The number of aromatic amines is 1. The van der Waals surface area contributed by atoms with E-state index in [1.807, 2.05) is 19.1 Å². The second-order valence-corrected chi connectivity index (χ2v) is 4.00. The summed E-state index contributed by atoms with van der Waals surface area (Å²) in [6, 6.07) is 5.49. The van der Waals surface area contributed by atoms with E-state index in [0.717, 1.165) is 20.9 Å². The number of carbonyl (C=O) groups is 1. The molecule has 0 amide bonds. The molecule has 4 heteroatoms. The summed E-state index contributed by atoms with van der Waals surface area (Å²) < 4.78 is 0.904. The predicted molar refractivity (Wildman–Crippen MR) is 57.7 cm³/mol. The number of carboxylic acid groups (broad SMARTS) is 1. The molecule has 1 heterocycles. The molecule has 1 aromatic carbocycles. The van der Waals surface area contributed by atoms with Crippen molar-refractivity contribution in [2.45, 2.75) is 6.92 Å². The van der Waals surface area contributed by atoms with Crippen LogP contribution in [0.5, 0.6) is 0 Å². The van der Waals surface area contributed by atoms with E-state index in [1.165, 1.54) is 0 Å². The van der Waals surface area contributed by atoms with Crippen molar-refractivity contribution in [2.75, 3.05) is 0 Å². The van der Waals surface area contributed by atoms with Crippen LogP contribution in [0.4, 0.5) is 0 Å². The average Bonchev–Trinajstić information content (AvgIpc) is 2.57. The number of carboxylic acids is 1. The van der Waals surface area contributed by atoms with Crippen LogP contribution in [0.15, 0.2) is 22.7 Å². The molecule has 2 rings (SSSR count). The summed E-state index contributed by atoms with van der Waals surface area (Å²) in [5.41, 5.74) is 2.13. The maximum atomic E-state index is 10.7. The molecule has 0 fully saturated rings. The lowest BCUT2D eigenvalue weighted by molar-refractivity contribution is 0.0691. The van der Waals surface area contributed by atoms with Crippen LogP contribution in [-0.4, -0.2) is 16.1 Å². The minimum Gasteiger partial charge on any atom is -0.477 e. The van der Waals surface area contributed by atoms with Crippen molar-refractivity contribution in [1.29, 1.82) is 0 Å². The quantitative estimate of drug-likeness (QED) is 0.821. The Morgan fingerprint density at radius 1 is 1.50 bits per heavy atom. The number of halogens is 1. The van der Waals surface area contributed by atoms with Crippen molar-refractivity contribution >= 4 is 32.8 Å². The zero-order valence-corrected chi connectivity index (χ0v) is 9.05. The molecule has 0 unspecified atom stereocenters. The lowest BCUT2D eigenvalue weighted by Crippen LogP contribution is -1.94. The molecule has 0 saturated heterocycles. The molecule has 1 aromatic heterocycles. The maximum Gasteiger partial charge on any atom is 0.352 e. The van der Waals surface area contributed by atoms with Crippen LogP contribution in [0.2, 0.25) is 0 Å². The van der Waals surface area contributed by atoms with E-state index in [9.17, 15) is 4.79 Å². The highest BCUT2D eigenvalue weighted by Gasteiger charge is 2.10. The van der Waals surface area contributed by atoms with Gasteiger partial charge >= 0.3 is 5.97 Å². The van der Waals surface area contributed by atoms with Crippen molar-refractivity contribution < 1.29 is 9.90 Å². The van der Waals surface area contributed by atoms with E-state index in [0.29, 0.717) is 0 Å². The van der Waals surface area contributed by atoms with Gasteiger partial charge in [0.1, 0.15) is 5.69 Å². The van der Waals surface area contributed by atoms with Crippen LogP contribution in [-0.2, 0) is 0 Å². The van der Waals surface area contributed by atoms with Crippen molar-refractivity contribution in [3.05, 3.63) is 33.9 Å². The second-order valence-electron chi connectivity index (χ2n) is 3.14. The summed E-state index contributed by atoms with van der Waals surface area (Å²) >= 11 is 3.38. The van der Waals surface area contributed by atoms with Gasteiger partial charge in [0.2, 0.25) is 0 Å². The minimum atomic E-state index is -0.937. The smallest absolute Gasteiger partial charge is 0.352 e. The van der Waals surface area contributed by atoms with Gasteiger partial charge in [0.15, 0.2) is 0 Å². The number of aryl methyl sites for hydroxylation is 1. The number of nitrogens with one attached hydrogen (secondary N) is 1. The Morgan fingerprint density at radius 3 is 2.79 bits per heavy atom. The first kappa shape index (κ1) is 9.27. The van der Waals surface area contributed by atoms with Crippen LogP contribution >= 0.6 is 15.9 Å². The molecule has 0 saturated carbocycles. The topological polar surface area (TPSA) is 53.1 Å². The molecule has 0 aliphatic heterocycles. The highest BCUT2D eigenvalue weighted by Crippen LogP contribution is 2.27. The highest BCUT2D eigenvalue weighted by molar-refractivity contribution is 9.10. The number of benzene rings is 1. The fraction of sp³-hybridized carbons (Fsp3) is 0.100. The van der Waals surface area contributed by atoms with Gasteiger partial charge in [-0.3, -0.25) is 0 Å². The molecule has 0 aliphatic rings. The van der Waals surface area contributed by atoms with E-state index in [2.05, 4.69) is 20.9 Å². The Kier molecular flexibility index (Phi) is 2.07. The van der Waals surface area contributed by atoms with Gasteiger partial charge < -0.3 is 10.1 Å². The number of H-pyrrole nitrogens is 1. The van der Waals surface area contributed by atoms with E-state index in [4.69, 9.17) is 5.11 Å². The number of hydrogen-bond acceptors (Lipinski definition) is 1. The molecule has 3 nitrogen and oxygen atoms in total. The van der Waals surface area contributed by atoms with Gasteiger partial charge in [-0.05, 0) is 24.6 Å². The Labute approximate surface area is 88.9 Å². The van der Waals surface area contributed by atoms with Gasteiger partial charge in [0, 0.05) is 9.86 Å². The fourth-order valence-electron chi connectivity index (χ4n) is 1.44. The highest BCUT2D eigenvalue weighted by atomic mass is 79.9. The lowest BCUT2D eigenvalue weighted by Gasteiger charge is -1.96. The number of hydrogen-bond donors (Lipinski definition) is 2. The summed E-state index contributed by atoms with van der Waals surface area (Å²) in [7, 11) is 0. The molecular weight excluding hydrogens is 246 g/mol. The number of aromatic carboxylic acids is 1. The van der Waals surface area contributed by atoms with Crippen LogP contribution in [0, 0.1) is 6.92 Å². The third-order valence-electron chi connectivity index (χ3n) is 2.18. The van der Waals surface area contributed by atoms with Gasteiger partial charge in [-0.15, -0.1) is 0 Å². The molecule has 0 radical (unpaired) electrons. The van der Waals surface area contributed by atoms with Crippen LogP contribution in [0.3, 0.4) is 0 Å². The van der Waals surface area contributed by atoms with Crippen molar-refractivity contribution in [2.24, 2.45) is 0 Å². The van der Waals surface area contributed by atoms with Crippen molar-refractivity contribution in [1.82, 2.24) is 4.98 Å².